The summed E-state index contributed by atoms with van der Waals surface area (Å²) in [6.45, 7) is 0. The van der Waals surface area contributed by atoms with Crippen LogP contribution in [0.5, 0.6) is 11.6 Å². The van der Waals surface area contributed by atoms with Gasteiger partial charge < -0.3 is 4.74 Å². The maximum atomic E-state index is 13.2. The Morgan fingerprint density at radius 2 is 1.82 bits per heavy atom. The first kappa shape index (κ1) is 11.9. The second-order valence-electron chi connectivity index (χ2n) is 3.12. The first-order valence-electron chi connectivity index (χ1n) is 4.50. The van der Waals surface area contributed by atoms with Gasteiger partial charge in [-0.25, -0.2) is 18.2 Å². The zero-order valence-electron chi connectivity index (χ0n) is 8.25. The van der Waals surface area contributed by atoms with Crippen LogP contribution in [-0.2, 0) is 0 Å². The molecule has 1 aromatic carbocycles. The number of pyridine rings is 1. The number of rotatable bonds is 2. The molecule has 0 amide bonds. The van der Waals surface area contributed by atoms with Crippen LogP contribution in [0.1, 0.15) is 0 Å². The Hall–Kier alpha value is -1.56. The van der Waals surface area contributed by atoms with Crippen molar-refractivity contribution in [2.24, 2.45) is 0 Å². The first-order chi connectivity index (χ1) is 8.06. The molecule has 0 fully saturated rings. The van der Waals surface area contributed by atoms with E-state index in [-0.39, 0.29) is 5.75 Å². The highest BCUT2D eigenvalue weighted by Gasteiger charge is 2.10. The molecule has 6 heteroatoms. The number of hydrogen-bond donors (Lipinski definition) is 0. The van der Waals surface area contributed by atoms with E-state index in [0.29, 0.717) is 10.5 Å². The number of nitrogens with zero attached hydrogens (tertiary/aromatic N) is 1. The van der Waals surface area contributed by atoms with Crippen LogP contribution in [0.15, 0.2) is 34.9 Å². The highest BCUT2D eigenvalue weighted by Crippen LogP contribution is 2.30. The van der Waals surface area contributed by atoms with E-state index in [9.17, 15) is 13.2 Å². The Bertz CT molecular complexity index is 562. The van der Waals surface area contributed by atoms with Crippen LogP contribution < -0.4 is 4.74 Å². The number of halogens is 4. The van der Waals surface area contributed by atoms with E-state index in [1.165, 1.54) is 12.1 Å². The first-order valence-corrected chi connectivity index (χ1v) is 5.29. The molecule has 0 aliphatic heterocycles. The van der Waals surface area contributed by atoms with Gasteiger partial charge in [-0.3, -0.25) is 0 Å². The van der Waals surface area contributed by atoms with Gasteiger partial charge in [0.1, 0.15) is 17.4 Å². The molecule has 17 heavy (non-hydrogen) atoms. The van der Waals surface area contributed by atoms with Crippen molar-refractivity contribution in [3.05, 3.63) is 52.4 Å². The molecule has 2 nitrogen and oxygen atoms in total. The van der Waals surface area contributed by atoms with E-state index in [4.69, 9.17) is 4.74 Å². The molecule has 0 N–H and O–H groups in total. The third kappa shape index (κ3) is 2.76. The molecule has 2 aromatic rings. The van der Waals surface area contributed by atoms with Gasteiger partial charge in [0.25, 0.3) is 5.88 Å². The van der Waals surface area contributed by atoms with Gasteiger partial charge in [-0.2, -0.15) is 0 Å². The average Bonchev–Trinajstić information content (AvgIpc) is 2.27. The number of ether oxygens (including phenoxy) is 1. The van der Waals surface area contributed by atoms with Gasteiger partial charge in [0.05, 0.1) is 10.7 Å². The van der Waals surface area contributed by atoms with Gasteiger partial charge in [0.2, 0.25) is 0 Å². The van der Waals surface area contributed by atoms with Crippen molar-refractivity contribution in [3.63, 3.8) is 0 Å². The Kier molecular flexibility index (Phi) is 3.33. The average molecular weight is 304 g/mol. The second kappa shape index (κ2) is 4.75. The van der Waals surface area contributed by atoms with E-state index in [1.807, 2.05) is 0 Å². The molecular formula is C11H5BrF3NO. The minimum absolute atomic E-state index is 0.0583. The molecule has 0 aliphatic carbocycles. The summed E-state index contributed by atoms with van der Waals surface area (Å²) in [4.78, 5) is 3.43. The predicted octanol–water partition coefficient (Wildman–Crippen LogP) is 4.05. The number of benzene rings is 1. The Morgan fingerprint density at radius 1 is 1.06 bits per heavy atom. The normalized spacial score (nSPS) is 10.4. The largest absolute Gasteiger partial charge is 0.435 e. The summed E-state index contributed by atoms with van der Waals surface area (Å²) in [6, 6.07) is 4.32. The van der Waals surface area contributed by atoms with Gasteiger partial charge in [-0.1, -0.05) is 0 Å². The molecule has 0 bridgehead atoms. The molecule has 0 saturated heterocycles. The molecule has 1 aromatic heterocycles. The molecule has 0 unspecified atom stereocenters. The van der Waals surface area contributed by atoms with Crippen molar-refractivity contribution in [2.75, 3.05) is 0 Å². The van der Waals surface area contributed by atoms with Gasteiger partial charge in [0.15, 0.2) is 5.82 Å². The minimum atomic E-state index is -0.957. The molecule has 0 spiro atoms. The molecule has 0 saturated carbocycles. The van der Waals surface area contributed by atoms with Crippen molar-refractivity contribution in [2.45, 2.75) is 0 Å². The lowest BCUT2D eigenvalue weighted by atomic mass is 10.3. The molecular weight excluding hydrogens is 299 g/mol. The van der Waals surface area contributed by atoms with Crippen molar-refractivity contribution in [1.29, 1.82) is 0 Å². The third-order valence-corrected chi connectivity index (χ3v) is 2.53. The predicted molar refractivity (Wildman–Crippen MR) is 58.3 cm³/mol. The van der Waals surface area contributed by atoms with Crippen molar-refractivity contribution in [1.82, 2.24) is 4.98 Å². The van der Waals surface area contributed by atoms with E-state index in [1.54, 1.807) is 0 Å². The van der Waals surface area contributed by atoms with Crippen LogP contribution >= 0.6 is 15.9 Å². The molecule has 88 valence electrons. The second-order valence-corrected chi connectivity index (χ2v) is 3.97. The summed E-state index contributed by atoms with van der Waals surface area (Å²) in [5.41, 5.74) is 0. The van der Waals surface area contributed by atoms with Crippen LogP contribution in [0.25, 0.3) is 0 Å². The summed E-state index contributed by atoms with van der Waals surface area (Å²) in [7, 11) is 0. The number of hydrogen-bond acceptors (Lipinski definition) is 2. The standard InChI is InChI=1S/C11H5BrF3NO/c12-8-2-1-6(13)4-10(8)17-11-9(15)3-7(14)5-16-11/h1-5H. The zero-order valence-corrected chi connectivity index (χ0v) is 9.84. The zero-order chi connectivity index (χ0) is 12.4. The van der Waals surface area contributed by atoms with Gasteiger partial charge >= 0.3 is 0 Å². The minimum Gasteiger partial charge on any atom is -0.435 e. The van der Waals surface area contributed by atoms with Crippen molar-refractivity contribution in [3.8, 4) is 11.6 Å². The topological polar surface area (TPSA) is 22.1 Å². The van der Waals surface area contributed by atoms with E-state index < -0.39 is 23.3 Å². The van der Waals surface area contributed by atoms with Crippen LogP contribution in [0.4, 0.5) is 13.2 Å². The summed E-state index contributed by atoms with van der Waals surface area (Å²) >= 11 is 3.11. The quantitative estimate of drug-likeness (QED) is 0.835. The Morgan fingerprint density at radius 3 is 2.53 bits per heavy atom. The summed E-state index contributed by atoms with van der Waals surface area (Å²) in [5, 5.41) is 0. The molecule has 0 radical (unpaired) electrons. The van der Waals surface area contributed by atoms with Crippen LogP contribution in [0.3, 0.4) is 0 Å². The Labute approximate surface area is 103 Å². The van der Waals surface area contributed by atoms with Crippen LogP contribution in [-0.4, -0.2) is 4.98 Å². The van der Waals surface area contributed by atoms with Crippen LogP contribution in [0, 0.1) is 17.5 Å². The smallest absolute Gasteiger partial charge is 0.256 e. The Balaban J connectivity index is 2.34. The third-order valence-electron chi connectivity index (χ3n) is 1.87. The van der Waals surface area contributed by atoms with Gasteiger partial charge in [-0.05, 0) is 28.1 Å². The fourth-order valence-electron chi connectivity index (χ4n) is 1.14. The van der Waals surface area contributed by atoms with Crippen molar-refractivity contribution < 1.29 is 17.9 Å². The van der Waals surface area contributed by atoms with Gasteiger partial charge in [-0.15, -0.1) is 0 Å². The maximum Gasteiger partial charge on any atom is 0.256 e. The highest BCUT2D eigenvalue weighted by atomic mass is 79.9. The monoisotopic (exact) mass is 303 g/mol. The lowest BCUT2D eigenvalue weighted by Gasteiger charge is -2.07. The molecule has 0 aliphatic rings. The summed E-state index contributed by atoms with van der Waals surface area (Å²) in [6.07, 6.45) is 0.811. The van der Waals surface area contributed by atoms with Gasteiger partial charge in [0, 0.05) is 12.1 Å². The SMILES string of the molecule is Fc1cnc(Oc2cc(F)ccc2Br)c(F)c1. The summed E-state index contributed by atoms with van der Waals surface area (Å²) in [5.74, 6) is -2.67. The van der Waals surface area contributed by atoms with Crippen LogP contribution in [0.2, 0.25) is 0 Å². The van der Waals surface area contributed by atoms with Crippen molar-refractivity contribution >= 4 is 15.9 Å². The summed E-state index contributed by atoms with van der Waals surface area (Å²) < 4.78 is 44.2. The number of aromatic nitrogens is 1. The molecule has 0 atom stereocenters. The lowest BCUT2D eigenvalue weighted by molar-refractivity contribution is 0.412. The fraction of sp³-hybridized carbons (Fsp3) is 0. The highest BCUT2D eigenvalue weighted by molar-refractivity contribution is 9.10. The lowest BCUT2D eigenvalue weighted by Crippen LogP contribution is -1.94. The molecule has 2 rings (SSSR count). The van der Waals surface area contributed by atoms with E-state index in [0.717, 1.165) is 12.3 Å². The maximum absolute atomic E-state index is 13.2. The fourth-order valence-corrected chi connectivity index (χ4v) is 1.46. The van der Waals surface area contributed by atoms with E-state index in [2.05, 4.69) is 20.9 Å². The molecule has 1 heterocycles. The van der Waals surface area contributed by atoms with E-state index >= 15 is 0 Å².